The summed E-state index contributed by atoms with van der Waals surface area (Å²) in [5.74, 6) is 0.536. The molecule has 0 heterocycles. The van der Waals surface area contributed by atoms with Gasteiger partial charge in [0.05, 0.1) is 6.61 Å². The highest BCUT2D eigenvalue weighted by atomic mass is 16.6. The fourth-order valence-corrected chi connectivity index (χ4v) is 2.24. The van der Waals surface area contributed by atoms with Gasteiger partial charge in [-0.2, -0.15) is 0 Å². The summed E-state index contributed by atoms with van der Waals surface area (Å²) in [5, 5.41) is 0. The highest BCUT2D eigenvalue weighted by molar-refractivity contribution is 5.67. The van der Waals surface area contributed by atoms with Gasteiger partial charge in [0.25, 0.3) is 0 Å². The molecular weight excluding hydrogens is 226 g/mol. The number of hydrogen-bond acceptors (Lipinski definition) is 2. The monoisotopic (exact) mass is 257 g/mol. The molecule has 0 atom stereocenters. The zero-order chi connectivity index (χ0) is 13.8. The molecule has 0 spiro atoms. The number of carbonyl (C=O) groups is 1. The number of carbonyl (C=O) groups excluding carboxylic acids is 1. The Morgan fingerprint density at radius 3 is 1.83 bits per heavy atom. The number of ether oxygens (including phenoxy) is 1. The molecule has 0 fully saturated rings. The van der Waals surface area contributed by atoms with Crippen molar-refractivity contribution in [2.45, 2.75) is 66.2 Å². The van der Waals surface area contributed by atoms with Crippen LogP contribution in [0.15, 0.2) is 0 Å². The first-order valence-corrected chi connectivity index (χ1v) is 7.61. The predicted molar refractivity (Wildman–Crippen MR) is 76.8 cm³/mol. The van der Waals surface area contributed by atoms with E-state index in [0.717, 1.165) is 51.6 Å². The molecule has 0 bridgehead atoms. The van der Waals surface area contributed by atoms with E-state index in [1.165, 1.54) is 0 Å². The SMILES string of the molecule is CCCC(CCC)COC(=O)N(CCC)CCC. The second-order valence-corrected chi connectivity index (χ2v) is 5.01. The van der Waals surface area contributed by atoms with Gasteiger partial charge in [0.1, 0.15) is 0 Å². The van der Waals surface area contributed by atoms with E-state index in [1.54, 1.807) is 0 Å². The molecular formula is C15H31NO2. The molecule has 0 aromatic rings. The Labute approximate surface area is 113 Å². The molecule has 3 nitrogen and oxygen atoms in total. The molecule has 0 unspecified atom stereocenters. The molecule has 0 aromatic heterocycles. The molecule has 0 N–H and O–H groups in total. The standard InChI is InChI=1S/C15H31NO2/c1-5-9-14(10-6-2)13-18-15(17)16(11-7-3)12-8-4/h14H,5-13H2,1-4H3. The lowest BCUT2D eigenvalue weighted by Crippen LogP contribution is -2.34. The molecule has 18 heavy (non-hydrogen) atoms. The maximum absolute atomic E-state index is 11.9. The maximum Gasteiger partial charge on any atom is 0.409 e. The van der Waals surface area contributed by atoms with Gasteiger partial charge in [-0.15, -0.1) is 0 Å². The Morgan fingerprint density at radius 1 is 0.944 bits per heavy atom. The van der Waals surface area contributed by atoms with Crippen molar-refractivity contribution in [2.75, 3.05) is 19.7 Å². The molecule has 0 aliphatic heterocycles. The lowest BCUT2D eigenvalue weighted by molar-refractivity contribution is 0.0839. The zero-order valence-corrected chi connectivity index (χ0v) is 12.7. The number of rotatable bonds is 10. The van der Waals surface area contributed by atoms with Crippen LogP contribution in [0.25, 0.3) is 0 Å². The first-order chi connectivity index (χ1) is 8.69. The first-order valence-electron chi connectivity index (χ1n) is 7.61. The van der Waals surface area contributed by atoms with Gasteiger partial charge in [-0.3, -0.25) is 0 Å². The lowest BCUT2D eigenvalue weighted by Gasteiger charge is -2.23. The Hall–Kier alpha value is -0.730. The summed E-state index contributed by atoms with van der Waals surface area (Å²) in [6.07, 6.45) is 6.48. The molecule has 0 rings (SSSR count). The average Bonchev–Trinajstić information content (AvgIpc) is 2.36. The van der Waals surface area contributed by atoms with E-state index >= 15 is 0 Å². The van der Waals surface area contributed by atoms with E-state index in [9.17, 15) is 4.79 Å². The Kier molecular flexibility index (Phi) is 10.9. The number of nitrogens with zero attached hydrogens (tertiary/aromatic N) is 1. The molecule has 108 valence electrons. The fourth-order valence-electron chi connectivity index (χ4n) is 2.24. The predicted octanol–water partition coefficient (Wildman–Crippen LogP) is 4.46. The number of amides is 1. The topological polar surface area (TPSA) is 29.5 Å². The largest absolute Gasteiger partial charge is 0.449 e. The Balaban J connectivity index is 4.08. The van der Waals surface area contributed by atoms with Crippen LogP contribution in [0.3, 0.4) is 0 Å². The van der Waals surface area contributed by atoms with E-state index in [1.807, 2.05) is 4.90 Å². The second-order valence-electron chi connectivity index (χ2n) is 5.01. The molecule has 0 aliphatic carbocycles. The Morgan fingerprint density at radius 2 is 1.44 bits per heavy atom. The van der Waals surface area contributed by atoms with E-state index < -0.39 is 0 Å². The summed E-state index contributed by atoms with van der Waals surface area (Å²) in [6.45, 7) is 10.7. The van der Waals surface area contributed by atoms with Crippen molar-refractivity contribution in [3.8, 4) is 0 Å². The van der Waals surface area contributed by atoms with Crippen molar-refractivity contribution in [2.24, 2.45) is 5.92 Å². The zero-order valence-electron chi connectivity index (χ0n) is 12.7. The van der Waals surface area contributed by atoms with Gasteiger partial charge in [-0.25, -0.2) is 4.79 Å². The van der Waals surface area contributed by atoms with Crippen LogP contribution in [0.5, 0.6) is 0 Å². The minimum Gasteiger partial charge on any atom is -0.449 e. The van der Waals surface area contributed by atoms with Crippen molar-refractivity contribution in [1.82, 2.24) is 4.90 Å². The van der Waals surface area contributed by atoms with Gasteiger partial charge in [0.2, 0.25) is 0 Å². The molecule has 3 heteroatoms. The van der Waals surface area contributed by atoms with Gasteiger partial charge in [-0.05, 0) is 31.6 Å². The van der Waals surface area contributed by atoms with Crippen molar-refractivity contribution in [3.63, 3.8) is 0 Å². The van der Waals surface area contributed by atoms with Crippen LogP contribution in [-0.2, 0) is 4.74 Å². The van der Waals surface area contributed by atoms with Gasteiger partial charge < -0.3 is 9.64 Å². The smallest absolute Gasteiger partial charge is 0.409 e. The summed E-state index contributed by atoms with van der Waals surface area (Å²) in [7, 11) is 0. The highest BCUT2D eigenvalue weighted by Crippen LogP contribution is 2.14. The van der Waals surface area contributed by atoms with E-state index in [0.29, 0.717) is 12.5 Å². The van der Waals surface area contributed by atoms with Crippen LogP contribution >= 0.6 is 0 Å². The van der Waals surface area contributed by atoms with Gasteiger partial charge in [-0.1, -0.05) is 40.5 Å². The summed E-state index contributed by atoms with van der Waals surface area (Å²) in [6, 6.07) is 0. The molecule has 0 aliphatic rings. The lowest BCUT2D eigenvalue weighted by atomic mass is 9.99. The van der Waals surface area contributed by atoms with Gasteiger partial charge in [0, 0.05) is 13.1 Å². The number of hydrogen-bond donors (Lipinski definition) is 0. The van der Waals surface area contributed by atoms with Gasteiger partial charge >= 0.3 is 6.09 Å². The van der Waals surface area contributed by atoms with Crippen molar-refractivity contribution < 1.29 is 9.53 Å². The maximum atomic E-state index is 11.9. The second kappa shape index (κ2) is 11.4. The third-order valence-corrected chi connectivity index (χ3v) is 3.08. The highest BCUT2D eigenvalue weighted by Gasteiger charge is 2.15. The summed E-state index contributed by atoms with van der Waals surface area (Å²) in [5.41, 5.74) is 0. The Bertz CT molecular complexity index is 195. The van der Waals surface area contributed by atoms with Crippen molar-refractivity contribution in [1.29, 1.82) is 0 Å². The van der Waals surface area contributed by atoms with Crippen LogP contribution in [0.1, 0.15) is 66.2 Å². The quantitative estimate of drug-likeness (QED) is 0.578. The van der Waals surface area contributed by atoms with Crippen LogP contribution in [0.4, 0.5) is 4.79 Å². The molecule has 1 amide bonds. The molecule has 0 radical (unpaired) electrons. The average molecular weight is 257 g/mol. The summed E-state index contributed by atoms with van der Waals surface area (Å²) in [4.78, 5) is 13.8. The van der Waals surface area contributed by atoms with Crippen LogP contribution in [0.2, 0.25) is 0 Å². The minimum absolute atomic E-state index is 0.129. The van der Waals surface area contributed by atoms with E-state index in [2.05, 4.69) is 27.7 Å². The fraction of sp³-hybridized carbons (Fsp3) is 0.933. The molecule has 0 aromatic carbocycles. The molecule has 0 saturated heterocycles. The van der Waals surface area contributed by atoms with Crippen LogP contribution in [-0.4, -0.2) is 30.7 Å². The van der Waals surface area contributed by atoms with Gasteiger partial charge in [0.15, 0.2) is 0 Å². The third kappa shape index (κ3) is 7.57. The van der Waals surface area contributed by atoms with Crippen LogP contribution in [0, 0.1) is 5.92 Å². The summed E-state index contributed by atoms with van der Waals surface area (Å²) < 4.78 is 5.46. The van der Waals surface area contributed by atoms with E-state index in [4.69, 9.17) is 4.74 Å². The molecule has 0 saturated carbocycles. The van der Waals surface area contributed by atoms with E-state index in [-0.39, 0.29) is 6.09 Å². The third-order valence-electron chi connectivity index (χ3n) is 3.08. The first kappa shape index (κ1) is 17.3. The summed E-state index contributed by atoms with van der Waals surface area (Å²) >= 11 is 0. The van der Waals surface area contributed by atoms with Crippen LogP contribution < -0.4 is 0 Å². The van der Waals surface area contributed by atoms with Crippen molar-refractivity contribution in [3.05, 3.63) is 0 Å². The van der Waals surface area contributed by atoms with Crippen molar-refractivity contribution >= 4 is 6.09 Å². The minimum atomic E-state index is -0.129. The normalized spacial score (nSPS) is 10.7.